The van der Waals surface area contributed by atoms with E-state index in [9.17, 15) is 9.18 Å². The van der Waals surface area contributed by atoms with Crippen LogP contribution in [0.25, 0.3) is 0 Å². The molecule has 118 valence electrons. The first-order valence-corrected chi connectivity index (χ1v) is 6.68. The Morgan fingerprint density at radius 1 is 1.25 bits per heavy atom. The van der Waals surface area contributed by atoms with Crippen molar-refractivity contribution in [1.29, 1.82) is 0 Å². The second-order valence-electron chi connectivity index (χ2n) is 4.51. The number of carbonyl (C=O) groups is 1. The Hall–Kier alpha value is -3.73. The number of benzene rings is 1. The molecule has 0 saturated heterocycles. The second kappa shape index (κ2) is 6.58. The number of carboxylic acid groups (broad SMARTS) is 1. The highest BCUT2D eigenvalue weighted by molar-refractivity contribution is 5.87. The molecule has 0 aliphatic heterocycles. The number of hydrogen-bond acceptors (Lipinski definition) is 5. The molecule has 0 saturated carbocycles. The lowest BCUT2D eigenvalue weighted by Crippen LogP contribution is -2.00. The Morgan fingerprint density at radius 2 is 2.04 bits per heavy atom. The minimum Gasteiger partial charge on any atom is -0.476 e. The largest absolute Gasteiger partial charge is 0.476 e. The molecule has 0 atom stereocenters. The van der Waals surface area contributed by atoms with Crippen molar-refractivity contribution in [1.82, 2.24) is 20.4 Å². The van der Waals surface area contributed by atoms with E-state index in [0.29, 0.717) is 0 Å². The van der Waals surface area contributed by atoms with Gasteiger partial charge in [-0.2, -0.15) is 0 Å². The van der Waals surface area contributed by atoms with Crippen LogP contribution in [0.4, 0.5) is 4.39 Å². The average Bonchev–Trinajstić information content (AvgIpc) is 3.03. The number of nitrogens with one attached hydrogen (secondary N) is 1. The monoisotopic (exact) mass is 324 g/mol. The van der Waals surface area contributed by atoms with Gasteiger partial charge in [0.1, 0.15) is 5.69 Å². The zero-order chi connectivity index (χ0) is 16.9. The second-order valence-corrected chi connectivity index (χ2v) is 4.51. The van der Waals surface area contributed by atoms with Crippen LogP contribution >= 0.6 is 0 Å². The zero-order valence-electron chi connectivity index (χ0n) is 12.0. The molecule has 0 unspecified atom stereocenters. The minimum absolute atomic E-state index is 0.00805. The van der Waals surface area contributed by atoms with Crippen molar-refractivity contribution in [2.45, 2.75) is 0 Å². The Labute approximate surface area is 135 Å². The van der Waals surface area contributed by atoms with Gasteiger partial charge in [0.15, 0.2) is 11.6 Å². The number of nitrogens with zero attached hydrogens (tertiary/aromatic N) is 3. The fourth-order valence-electron chi connectivity index (χ4n) is 1.77. The smallest absolute Gasteiger partial charge is 0.362 e. The molecule has 2 N–H and O–H groups in total. The van der Waals surface area contributed by atoms with E-state index < -0.39 is 17.5 Å². The molecular weight excluding hydrogens is 315 g/mol. The number of hydrogen-bond donors (Lipinski definition) is 2. The van der Waals surface area contributed by atoms with Gasteiger partial charge in [-0.3, -0.25) is 0 Å². The summed E-state index contributed by atoms with van der Waals surface area (Å²) in [5.41, 5.74) is 0.268. The molecule has 2 aromatic heterocycles. The molecule has 24 heavy (non-hydrogen) atoms. The van der Waals surface area contributed by atoms with Crippen LogP contribution in [0.1, 0.15) is 21.7 Å². The molecule has 0 fully saturated rings. The highest BCUT2D eigenvalue weighted by Crippen LogP contribution is 2.22. The molecule has 0 spiro atoms. The molecule has 3 rings (SSSR count). The molecular formula is C16H9FN4O3. The molecule has 1 aromatic carbocycles. The predicted octanol–water partition coefficient (Wildman–Crippen LogP) is 2.23. The molecule has 7 nitrogen and oxygen atoms in total. The van der Waals surface area contributed by atoms with E-state index in [2.05, 4.69) is 32.2 Å². The third kappa shape index (κ3) is 3.36. The first kappa shape index (κ1) is 15.2. The standard InChI is InChI=1S/C16H9FN4O3/c17-12-8-11(24-15-14(16(22)23)19-21-20-15)9-18-13(12)7-6-10-4-2-1-3-5-10/h1-5,8-9H,(H,22,23)(H,19,20,21). The first-order valence-electron chi connectivity index (χ1n) is 6.68. The fourth-order valence-corrected chi connectivity index (χ4v) is 1.77. The van der Waals surface area contributed by atoms with Crippen molar-refractivity contribution >= 4 is 5.97 Å². The van der Waals surface area contributed by atoms with Crippen molar-refractivity contribution in [2.24, 2.45) is 0 Å². The molecule has 0 radical (unpaired) electrons. The maximum atomic E-state index is 14.0. The van der Waals surface area contributed by atoms with Crippen molar-refractivity contribution in [3.05, 3.63) is 65.4 Å². The normalized spacial score (nSPS) is 9.88. The Morgan fingerprint density at radius 3 is 2.75 bits per heavy atom. The van der Waals surface area contributed by atoms with Gasteiger partial charge in [-0.25, -0.2) is 19.3 Å². The summed E-state index contributed by atoms with van der Waals surface area (Å²) < 4.78 is 19.2. The van der Waals surface area contributed by atoms with E-state index in [0.717, 1.165) is 11.6 Å². The van der Waals surface area contributed by atoms with E-state index in [4.69, 9.17) is 9.84 Å². The molecule has 0 amide bonds. The van der Waals surface area contributed by atoms with Gasteiger partial charge in [0.05, 0.1) is 6.20 Å². The summed E-state index contributed by atoms with van der Waals surface area (Å²) in [7, 11) is 0. The first-order chi connectivity index (χ1) is 11.6. The quantitative estimate of drug-likeness (QED) is 0.717. The topological polar surface area (TPSA) is 101 Å². The van der Waals surface area contributed by atoms with Crippen LogP contribution in [-0.4, -0.2) is 31.5 Å². The van der Waals surface area contributed by atoms with E-state index >= 15 is 0 Å². The number of aromatic amines is 1. The van der Waals surface area contributed by atoms with Crippen LogP contribution in [0, 0.1) is 17.7 Å². The Kier molecular flexibility index (Phi) is 4.16. The summed E-state index contributed by atoms with van der Waals surface area (Å²) in [5.74, 6) is 3.18. The van der Waals surface area contributed by atoms with E-state index in [-0.39, 0.29) is 17.3 Å². The van der Waals surface area contributed by atoms with Gasteiger partial charge in [0.25, 0.3) is 5.88 Å². The van der Waals surface area contributed by atoms with Gasteiger partial charge in [-0.05, 0) is 18.1 Å². The number of carboxylic acids is 1. The summed E-state index contributed by atoms with van der Waals surface area (Å²) in [4.78, 5) is 14.8. The predicted molar refractivity (Wildman–Crippen MR) is 80.0 cm³/mol. The van der Waals surface area contributed by atoms with Crippen LogP contribution in [0.2, 0.25) is 0 Å². The fraction of sp³-hybridized carbons (Fsp3) is 0. The summed E-state index contributed by atoms with van der Waals surface area (Å²) in [6, 6.07) is 10.1. The van der Waals surface area contributed by atoms with Gasteiger partial charge >= 0.3 is 5.97 Å². The van der Waals surface area contributed by atoms with Gasteiger partial charge in [-0.15, -0.1) is 5.10 Å². The summed E-state index contributed by atoms with van der Waals surface area (Å²) >= 11 is 0. The summed E-state index contributed by atoms with van der Waals surface area (Å²) in [5, 5.41) is 17.8. The Balaban J connectivity index is 1.81. The van der Waals surface area contributed by atoms with E-state index in [1.807, 2.05) is 18.2 Å². The molecule has 3 aromatic rings. The van der Waals surface area contributed by atoms with Crippen molar-refractivity contribution < 1.29 is 19.0 Å². The number of aromatic nitrogens is 4. The molecule has 0 bridgehead atoms. The summed E-state index contributed by atoms with van der Waals surface area (Å²) in [6.07, 6.45) is 1.23. The van der Waals surface area contributed by atoms with Gasteiger partial charge in [0, 0.05) is 11.6 Å². The third-order valence-electron chi connectivity index (χ3n) is 2.85. The molecule has 2 heterocycles. The van der Waals surface area contributed by atoms with Gasteiger partial charge in [0.2, 0.25) is 5.69 Å². The average molecular weight is 324 g/mol. The van der Waals surface area contributed by atoms with Crippen LogP contribution < -0.4 is 4.74 Å². The molecule has 8 heteroatoms. The lowest BCUT2D eigenvalue weighted by molar-refractivity contribution is 0.0687. The highest BCUT2D eigenvalue weighted by Gasteiger charge is 2.17. The molecule has 0 aliphatic rings. The van der Waals surface area contributed by atoms with Gasteiger partial charge < -0.3 is 9.84 Å². The minimum atomic E-state index is -1.32. The van der Waals surface area contributed by atoms with Gasteiger partial charge in [-0.1, -0.05) is 29.3 Å². The number of rotatable bonds is 3. The lowest BCUT2D eigenvalue weighted by Gasteiger charge is -2.03. The van der Waals surface area contributed by atoms with Crippen LogP contribution in [0.3, 0.4) is 0 Å². The number of H-pyrrole nitrogens is 1. The maximum absolute atomic E-state index is 14.0. The number of halogens is 1. The lowest BCUT2D eigenvalue weighted by atomic mass is 10.2. The zero-order valence-corrected chi connectivity index (χ0v) is 12.0. The third-order valence-corrected chi connectivity index (χ3v) is 2.85. The highest BCUT2D eigenvalue weighted by atomic mass is 19.1. The van der Waals surface area contributed by atoms with E-state index in [1.54, 1.807) is 12.1 Å². The number of ether oxygens (including phenoxy) is 1. The van der Waals surface area contributed by atoms with Crippen LogP contribution in [0.5, 0.6) is 11.6 Å². The van der Waals surface area contributed by atoms with Crippen molar-refractivity contribution in [3.63, 3.8) is 0 Å². The summed E-state index contributed by atoms with van der Waals surface area (Å²) in [6.45, 7) is 0. The Bertz CT molecular complexity index is 945. The maximum Gasteiger partial charge on any atom is 0.362 e. The van der Waals surface area contributed by atoms with E-state index in [1.165, 1.54) is 6.20 Å². The van der Waals surface area contributed by atoms with Crippen molar-refractivity contribution in [2.75, 3.05) is 0 Å². The number of aromatic carboxylic acids is 1. The van der Waals surface area contributed by atoms with Crippen LogP contribution in [-0.2, 0) is 0 Å². The van der Waals surface area contributed by atoms with Crippen LogP contribution in [0.15, 0.2) is 42.6 Å². The SMILES string of the molecule is O=C(O)c1nn[nH]c1Oc1cnc(C#Cc2ccccc2)c(F)c1. The van der Waals surface area contributed by atoms with Crippen molar-refractivity contribution in [3.8, 4) is 23.5 Å². The number of pyridine rings is 1. The molecule has 0 aliphatic carbocycles.